The van der Waals surface area contributed by atoms with Gasteiger partial charge in [0.2, 0.25) is 5.52 Å². The number of rotatable bonds is 2. The van der Waals surface area contributed by atoms with Gasteiger partial charge in [0, 0.05) is 34.2 Å². The largest absolute Gasteiger partial charge is 0.355 e. The van der Waals surface area contributed by atoms with Gasteiger partial charge < -0.3 is 5.32 Å². The smallest absolute Gasteiger partial charge is 0.213 e. The van der Waals surface area contributed by atoms with Gasteiger partial charge in [0.05, 0.1) is 11.1 Å². The molecule has 2 aromatic carbocycles. The van der Waals surface area contributed by atoms with Crippen molar-refractivity contribution < 1.29 is 4.98 Å². The van der Waals surface area contributed by atoms with Gasteiger partial charge in [0.15, 0.2) is 5.69 Å². The van der Waals surface area contributed by atoms with Crippen molar-refractivity contribution in [2.45, 2.75) is 6.92 Å². The lowest BCUT2D eigenvalue weighted by molar-refractivity contribution is -0.354. The van der Waals surface area contributed by atoms with Crippen molar-refractivity contribution >= 4 is 49.8 Å². The van der Waals surface area contributed by atoms with E-state index in [1.54, 1.807) is 0 Å². The molecule has 4 heteroatoms. The van der Waals surface area contributed by atoms with Crippen LogP contribution in [0.1, 0.15) is 5.69 Å². The minimum Gasteiger partial charge on any atom is -0.355 e. The molecule has 2 N–H and O–H groups in total. The Kier molecular flexibility index (Phi) is 3.64. The minimum atomic E-state index is 0.730. The van der Waals surface area contributed by atoms with Crippen LogP contribution in [0.3, 0.4) is 0 Å². The zero-order chi connectivity index (χ0) is 14.1. The fraction of sp³-hybridized carbons (Fsp3) is 0.0625. The van der Waals surface area contributed by atoms with Crippen LogP contribution >= 0.6 is 27.5 Å². The van der Waals surface area contributed by atoms with E-state index in [2.05, 4.69) is 32.3 Å². The van der Waals surface area contributed by atoms with Crippen LogP contribution in [0.5, 0.6) is 0 Å². The van der Waals surface area contributed by atoms with Crippen molar-refractivity contribution in [3.05, 3.63) is 63.7 Å². The Balaban J connectivity index is 2.10. The molecular formula is C16H13BrClN2+. The minimum absolute atomic E-state index is 0.730. The van der Waals surface area contributed by atoms with Gasteiger partial charge in [-0.2, -0.15) is 0 Å². The zero-order valence-electron chi connectivity index (χ0n) is 10.9. The van der Waals surface area contributed by atoms with Gasteiger partial charge in [-0.3, -0.25) is 0 Å². The first-order valence-corrected chi connectivity index (χ1v) is 7.44. The average molecular weight is 349 g/mol. The van der Waals surface area contributed by atoms with Crippen molar-refractivity contribution in [2.24, 2.45) is 0 Å². The normalized spacial score (nSPS) is 10.8. The van der Waals surface area contributed by atoms with E-state index >= 15 is 0 Å². The molecule has 0 aliphatic rings. The summed E-state index contributed by atoms with van der Waals surface area (Å²) in [5, 5.41) is 5.25. The third kappa shape index (κ3) is 2.79. The van der Waals surface area contributed by atoms with Gasteiger partial charge >= 0.3 is 0 Å². The fourth-order valence-electron chi connectivity index (χ4n) is 2.18. The Morgan fingerprint density at radius 2 is 1.80 bits per heavy atom. The van der Waals surface area contributed by atoms with E-state index in [1.165, 1.54) is 0 Å². The van der Waals surface area contributed by atoms with Crippen molar-refractivity contribution in [3.8, 4) is 0 Å². The number of pyridine rings is 1. The third-order valence-electron chi connectivity index (χ3n) is 3.09. The van der Waals surface area contributed by atoms with Crippen molar-refractivity contribution in [2.75, 3.05) is 5.32 Å². The van der Waals surface area contributed by atoms with Crippen molar-refractivity contribution in [1.29, 1.82) is 0 Å². The molecule has 0 aliphatic carbocycles. The highest BCUT2D eigenvalue weighted by atomic mass is 79.9. The maximum absolute atomic E-state index is 6.11. The van der Waals surface area contributed by atoms with Gasteiger partial charge in [-0.1, -0.05) is 27.5 Å². The highest BCUT2D eigenvalue weighted by Gasteiger charge is 2.10. The van der Waals surface area contributed by atoms with Crippen molar-refractivity contribution in [1.82, 2.24) is 0 Å². The lowest BCUT2D eigenvalue weighted by Gasteiger charge is -2.08. The lowest BCUT2D eigenvalue weighted by atomic mass is 10.1. The number of aryl methyl sites for hydroxylation is 1. The standard InChI is InChI=1S/C16H12BrClN2/c1-10-8-16(20-13-5-2-11(17)3-6-13)14-9-12(18)4-7-15(14)19-10/h2-9H,1H3,(H,19,20)/p+1. The van der Waals surface area contributed by atoms with Crippen LogP contribution in [0.25, 0.3) is 10.9 Å². The number of halogens is 2. The number of anilines is 2. The summed E-state index contributed by atoms with van der Waals surface area (Å²) in [6, 6.07) is 16.0. The summed E-state index contributed by atoms with van der Waals surface area (Å²) < 4.78 is 1.06. The van der Waals surface area contributed by atoms with Crippen LogP contribution in [0.4, 0.5) is 11.4 Å². The Labute approximate surface area is 130 Å². The van der Waals surface area contributed by atoms with E-state index in [-0.39, 0.29) is 0 Å². The Hall–Kier alpha value is -1.58. The summed E-state index contributed by atoms with van der Waals surface area (Å²) in [6.07, 6.45) is 0. The summed E-state index contributed by atoms with van der Waals surface area (Å²) in [5.41, 5.74) is 4.24. The average Bonchev–Trinajstić information content (AvgIpc) is 2.42. The maximum atomic E-state index is 6.11. The molecule has 2 nitrogen and oxygen atoms in total. The molecule has 0 saturated carbocycles. The predicted molar refractivity (Wildman–Crippen MR) is 87.7 cm³/mol. The second-order valence-corrected chi connectivity index (χ2v) is 6.04. The van der Waals surface area contributed by atoms with Crippen LogP contribution < -0.4 is 10.3 Å². The highest BCUT2D eigenvalue weighted by Crippen LogP contribution is 2.27. The Morgan fingerprint density at radius 1 is 1.05 bits per heavy atom. The van der Waals surface area contributed by atoms with Crippen LogP contribution in [0.15, 0.2) is 53.0 Å². The Morgan fingerprint density at radius 3 is 2.55 bits per heavy atom. The molecule has 0 radical (unpaired) electrons. The second-order valence-electron chi connectivity index (χ2n) is 4.69. The number of hydrogen-bond donors (Lipinski definition) is 1. The lowest BCUT2D eigenvalue weighted by Crippen LogP contribution is -2.09. The topological polar surface area (TPSA) is 26.2 Å². The van der Waals surface area contributed by atoms with Crippen LogP contribution in [-0.4, -0.2) is 0 Å². The van der Waals surface area contributed by atoms with Crippen LogP contribution in [0, 0.1) is 6.92 Å². The van der Waals surface area contributed by atoms with E-state index in [0.29, 0.717) is 0 Å². The summed E-state index contributed by atoms with van der Waals surface area (Å²) in [6.45, 7) is 2.04. The SMILES string of the molecule is Cc1cc(Nc2ccc(Br)cc2)c2cc(Cl)ccc2[nH+]1. The predicted octanol–water partition coefficient (Wildman–Crippen LogP) is 5.12. The molecule has 0 fully saturated rings. The number of aromatic nitrogens is 1. The first-order chi connectivity index (χ1) is 9.61. The zero-order valence-corrected chi connectivity index (χ0v) is 13.2. The van der Waals surface area contributed by atoms with Crippen molar-refractivity contribution in [3.63, 3.8) is 0 Å². The monoisotopic (exact) mass is 347 g/mol. The van der Waals surface area contributed by atoms with Crippen LogP contribution in [0.2, 0.25) is 5.02 Å². The molecule has 0 amide bonds. The second kappa shape index (κ2) is 5.43. The number of aromatic amines is 1. The van der Waals surface area contributed by atoms with Gasteiger partial charge in [0.1, 0.15) is 0 Å². The molecule has 0 saturated heterocycles. The van der Waals surface area contributed by atoms with E-state index in [4.69, 9.17) is 11.6 Å². The molecule has 0 aliphatic heterocycles. The molecule has 0 bridgehead atoms. The summed E-state index contributed by atoms with van der Waals surface area (Å²) in [5.74, 6) is 0. The number of fused-ring (bicyclic) bond motifs is 1. The first-order valence-electron chi connectivity index (χ1n) is 6.26. The third-order valence-corrected chi connectivity index (χ3v) is 3.85. The molecule has 0 spiro atoms. The first kappa shape index (κ1) is 13.4. The molecule has 3 aromatic rings. The summed E-state index contributed by atoms with van der Waals surface area (Å²) in [4.78, 5) is 3.35. The molecule has 1 aromatic heterocycles. The van der Waals surface area contributed by atoms with E-state index in [1.807, 2.05) is 49.4 Å². The number of H-pyrrole nitrogens is 1. The summed E-state index contributed by atoms with van der Waals surface area (Å²) in [7, 11) is 0. The molecule has 3 rings (SSSR count). The summed E-state index contributed by atoms with van der Waals surface area (Å²) >= 11 is 9.55. The van der Waals surface area contributed by atoms with E-state index in [0.717, 1.165) is 37.5 Å². The van der Waals surface area contributed by atoms with Crippen LogP contribution in [-0.2, 0) is 0 Å². The van der Waals surface area contributed by atoms with E-state index < -0.39 is 0 Å². The molecule has 20 heavy (non-hydrogen) atoms. The molecule has 0 atom stereocenters. The quantitative estimate of drug-likeness (QED) is 0.683. The van der Waals surface area contributed by atoms with Gasteiger partial charge in [-0.15, -0.1) is 0 Å². The number of benzene rings is 2. The fourth-order valence-corrected chi connectivity index (χ4v) is 2.62. The maximum Gasteiger partial charge on any atom is 0.213 e. The van der Waals surface area contributed by atoms with Gasteiger partial charge in [-0.05, 0) is 36.4 Å². The number of nitrogens with one attached hydrogen (secondary N) is 2. The van der Waals surface area contributed by atoms with Gasteiger partial charge in [-0.25, -0.2) is 4.98 Å². The van der Waals surface area contributed by atoms with E-state index in [9.17, 15) is 0 Å². The van der Waals surface area contributed by atoms with Gasteiger partial charge in [0.25, 0.3) is 0 Å². The Bertz CT molecular complexity index is 769. The molecule has 100 valence electrons. The molecule has 1 heterocycles. The molecular weight excluding hydrogens is 336 g/mol. The molecule has 0 unspecified atom stereocenters. The highest BCUT2D eigenvalue weighted by molar-refractivity contribution is 9.10. The number of hydrogen-bond acceptors (Lipinski definition) is 1.